The molecule has 0 aromatic heterocycles. The lowest BCUT2D eigenvalue weighted by Gasteiger charge is -2.35. The molecule has 216 valence electrons. The third-order valence-electron chi connectivity index (χ3n) is 7.29. The molecule has 0 bridgehead atoms. The van der Waals surface area contributed by atoms with Crippen molar-refractivity contribution in [2.45, 2.75) is 195 Å². The van der Waals surface area contributed by atoms with E-state index in [-0.39, 0.29) is 23.6 Å². The van der Waals surface area contributed by atoms with Gasteiger partial charge in [-0.05, 0) is 37.8 Å². The number of rotatable bonds is 25. The smallest absolute Gasteiger partial charge is 0.306 e. The van der Waals surface area contributed by atoms with Gasteiger partial charge < -0.3 is 9.16 Å². The van der Waals surface area contributed by atoms with Gasteiger partial charge >= 0.3 is 5.97 Å². The molecule has 0 aliphatic heterocycles. The van der Waals surface area contributed by atoms with Crippen molar-refractivity contribution in [3.63, 3.8) is 0 Å². The van der Waals surface area contributed by atoms with Gasteiger partial charge in [0.05, 0.1) is 6.10 Å². The van der Waals surface area contributed by atoms with E-state index >= 15 is 0 Å². The summed E-state index contributed by atoms with van der Waals surface area (Å²) in [4.78, 5) is 12.7. The summed E-state index contributed by atoms with van der Waals surface area (Å²) in [6, 6.07) is 0. The molecule has 0 aromatic carbocycles. The molecule has 0 rings (SSSR count). The fourth-order valence-electron chi connectivity index (χ4n) is 4.91. The van der Waals surface area contributed by atoms with Crippen LogP contribution < -0.4 is 0 Å². The Morgan fingerprint density at radius 3 is 1.50 bits per heavy atom. The second kappa shape index (κ2) is 23.7. The highest BCUT2D eigenvalue weighted by atomic mass is 28.3. The van der Waals surface area contributed by atoms with E-state index in [2.05, 4.69) is 47.7 Å². The van der Waals surface area contributed by atoms with Gasteiger partial charge in [-0.3, -0.25) is 4.79 Å². The highest BCUT2D eigenvalue weighted by Crippen LogP contribution is 2.29. The first kappa shape index (κ1) is 35.6. The van der Waals surface area contributed by atoms with E-state index in [1.807, 2.05) is 0 Å². The summed E-state index contributed by atoms with van der Waals surface area (Å²) in [5.74, 6) is 0.00770. The van der Waals surface area contributed by atoms with Crippen molar-refractivity contribution in [1.29, 1.82) is 0 Å². The van der Waals surface area contributed by atoms with Gasteiger partial charge in [0.15, 0.2) is 9.04 Å². The van der Waals surface area contributed by atoms with Crippen molar-refractivity contribution >= 4 is 15.0 Å². The predicted molar refractivity (Wildman–Crippen MR) is 161 cm³/mol. The van der Waals surface area contributed by atoms with Crippen LogP contribution in [-0.4, -0.2) is 27.2 Å². The zero-order chi connectivity index (χ0) is 27.1. The summed E-state index contributed by atoms with van der Waals surface area (Å²) < 4.78 is 12.5. The standard InChI is InChI=1S/C32H66O3Si/c1-8-10-12-14-16-18-20-22-24-26-29(28-30(32(3,4)5)35-36(6)7)34-31(33)27-25-23-21-19-17-15-13-11-9-2/h29-30,36H,8-28H2,1-7H3/t29?,30-/m1/s1. The van der Waals surface area contributed by atoms with Crippen LogP contribution in [0.15, 0.2) is 0 Å². The van der Waals surface area contributed by atoms with Crippen LogP contribution in [0.25, 0.3) is 0 Å². The van der Waals surface area contributed by atoms with Crippen LogP contribution in [0.2, 0.25) is 13.1 Å². The van der Waals surface area contributed by atoms with Crippen LogP contribution in [0.1, 0.15) is 169 Å². The summed E-state index contributed by atoms with van der Waals surface area (Å²) >= 11 is 0. The first-order chi connectivity index (χ1) is 17.2. The molecule has 0 fully saturated rings. The van der Waals surface area contributed by atoms with Crippen LogP contribution in [0.5, 0.6) is 0 Å². The summed E-state index contributed by atoms with van der Waals surface area (Å²) in [6.07, 6.45) is 25.9. The molecule has 0 aromatic rings. The Balaban J connectivity index is 4.46. The second-order valence-corrected chi connectivity index (χ2v) is 15.0. The molecule has 0 aliphatic carbocycles. The van der Waals surface area contributed by atoms with Gasteiger partial charge in [0, 0.05) is 12.8 Å². The van der Waals surface area contributed by atoms with E-state index in [1.54, 1.807) is 0 Å². The lowest BCUT2D eigenvalue weighted by Crippen LogP contribution is -2.37. The van der Waals surface area contributed by atoms with Crippen LogP contribution in [0, 0.1) is 5.41 Å². The Bertz CT molecular complexity index is 486. The van der Waals surface area contributed by atoms with Crippen LogP contribution in [-0.2, 0) is 14.0 Å². The monoisotopic (exact) mass is 526 g/mol. The molecular weight excluding hydrogens is 460 g/mol. The number of hydrogen-bond donors (Lipinski definition) is 0. The SMILES string of the molecule is CCCCCCCCCCCC(=O)OC(CCCCCCCCCCC)C[C@@H](O[SiH](C)C)C(C)(C)C. The maximum atomic E-state index is 12.7. The molecule has 0 saturated heterocycles. The molecule has 0 N–H and O–H groups in total. The highest BCUT2D eigenvalue weighted by molar-refractivity contribution is 6.48. The van der Waals surface area contributed by atoms with Gasteiger partial charge in [0.1, 0.15) is 6.10 Å². The average Bonchev–Trinajstić information content (AvgIpc) is 2.80. The summed E-state index contributed by atoms with van der Waals surface area (Å²) in [6.45, 7) is 15.8. The third kappa shape index (κ3) is 22.8. The van der Waals surface area contributed by atoms with Crippen molar-refractivity contribution in [2.75, 3.05) is 0 Å². The maximum Gasteiger partial charge on any atom is 0.306 e. The van der Waals surface area contributed by atoms with Crippen LogP contribution in [0.4, 0.5) is 0 Å². The van der Waals surface area contributed by atoms with Gasteiger partial charge in [-0.2, -0.15) is 0 Å². The fraction of sp³-hybridized carbons (Fsp3) is 0.969. The van der Waals surface area contributed by atoms with E-state index in [9.17, 15) is 4.79 Å². The first-order valence-corrected chi connectivity index (χ1v) is 18.8. The molecule has 36 heavy (non-hydrogen) atoms. The van der Waals surface area contributed by atoms with Gasteiger partial charge in [-0.25, -0.2) is 0 Å². The quantitative estimate of drug-likeness (QED) is 0.0674. The maximum absolute atomic E-state index is 12.7. The summed E-state index contributed by atoms with van der Waals surface area (Å²) in [5, 5.41) is 0. The van der Waals surface area contributed by atoms with Crippen molar-refractivity contribution in [2.24, 2.45) is 5.41 Å². The zero-order valence-electron chi connectivity index (χ0n) is 25.8. The number of carbonyl (C=O) groups excluding carboxylic acids is 1. The molecular formula is C32H66O3Si. The highest BCUT2D eigenvalue weighted by Gasteiger charge is 2.30. The van der Waals surface area contributed by atoms with Gasteiger partial charge in [0.2, 0.25) is 0 Å². The molecule has 0 saturated carbocycles. The molecule has 0 spiro atoms. The minimum absolute atomic E-state index is 0.00223. The Morgan fingerprint density at radius 2 is 1.08 bits per heavy atom. The molecule has 4 heteroatoms. The number of carbonyl (C=O) groups is 1. The summed E-state index contributed by atoms with van der Waals surface area (Å²) in [7, 11) is -1.16. The van der Waals surface area contributed by atoms with Crippen molar-refractivity contribution in [1.82, 2.24) is 0 Å². The second-order valence-electron chi connectivity index (χ2n) is 12.6. The zero-order valence-corrected chi connectivity index (χ0v) is 27.0. The Hall–Kier alpha value is -0.353. The topological polar surface area (TPSA) is 35.5 Å². The lowest BCUT2D eigenvalue weighted by molar-refractivity contribution is -0.151. The number of unbranched alkanes of at least 4 members (excludes halogenated alkanes) is 16. The average molecular weight is 527 g/mol. The van der Waals surface area contributed by atoms with E-state index < -0.39 is 9.04 Å². The Morgan fingerprint density at radius 1 is 0.667 bits per heavy atom. The van der Waals surface area contributed by atoms with Crippen molar-refractivity contribution in [3.05, 3.63) is 0 Å². The van der Waals surface area contributed by atoms with Crippen LogP contribution >= 0.6 is 0 Å². The van der Waals surface area contributed by atoms with Crippen molar-refractivity contribution < 1.29 is 14.0 Å². The molecule has 0 radical (unpaired) electrons. The fourth-order valence-corrected chi connectivity index (χ4v) is 6.09. The first-order valence-electron chi connectivity index (χ1n) is 16.1. The van der Waals surface area contributed by atoms with Gasteiger partial charge in [0.25, 0.3) is 0 Å². The van der Waals surface area contributed by atoms with Gasteiger partial charge in [-0.1, -0.05) is 137 Å². The number of esters is 1. The van der Waals surface area contributed by atoms with E-state index in [1.165, 1.54) is 96.3 Å². The van der Waals surface area contributed by atoms with Crippen molar-refractivity contribution in [3.8, 4) is 0 Å². The van der Waals surface area contributed by atoms with E-state index in [0.29, 0.717) is 6.42 Å². The normalized spacial score (nSPS) is 13.8. The Kier molecular flexibility index (Phi) is 23.5. The molecule has 3 nitrogen and oxygen atoms in total. The minimum Gasteiger partial charge on any atom is -0.462 e. The number of ether oxygens (including phenoxy) is 1. The third-order valence-corrected chi connectivity index (χ3v) is 8.16. The van der Waals surface area contributed by atoms with Crippen LogP contribution in [0.3, 0.4) is 0 Å². The molecule has 0 amide bonds. The number of hydrogen-bond acceptors (Lipinski definition) is 3. The van der Waals surface area contributed by atoms with E-state index in [0.717, 1.165) is 32.1 Å². The van der Waals surface area contributed by atoms with Gasteiger partial charge in [-0.15, -0.1) is 0 Å². The lowest BCUT2D eigenvalue weighted by atomic mass is 9.85. The molecule has 0 heterocycles. The molecule has 1 unspecified atom stereocenters. The predicted octanol–water partition coefficient (Wildman–Crippen LogP) is 10.5. The van der Waals surface area contributed by atoms with E-state index in [4.69, 9.17) is 9.16 Å². The largest absolute Gasteiger partial charge is 0.462 e. The minimum atomic E-state index is -1.16. The molecule has 0 aliphatic rings. The molecule has 2 atom stereocenters. The summed E-state index contributed by atoms with van der Waals surface area (Å²) in [5.41, 5.74) is 0.0670. The Labute approximate surface area is 229 Å².